The Labute approximate surface area is 124 Å². The van der Waals surface area contributed by atoms with E-state index in [4.69, 9.17) is 11.0 Å². The second-order valence-corrected chi connectivity index (χ2v) is 6.10. The van der Waals surface area contributed by atoms with Crippen LogP contribution in [0.1, 0.15) is 12.0 Å². The maximum Gasteiger partial charge on any atom is 0.225 e. The molecule has 0 saturated carbocycles. The van der Waals surface area contributed by atoms with E-state index in [1.807, 2.05) is 6.07 Å². The first-order valence-corrected chi connectivity index (χ1v) is 7.49. The molecule has 20 heavy (non-hydrogen) atoms. The van der Waals surface area contributed by atoms with Crippen molar-refractivity contribution in [2.45, 2.75) is 10.8 Å². The summed E-state index contributed by atoms with van der Waals surface area (Å²) in [6, 6.07) is 8.82. The van der Waals surface area contributed by atoms with Crippen LogP contribution in [-0.2, 0) is 4.79 Å². The maximum absolute atomic E-state index is 11.7. The van der Waals surface area contributed by atoms with Crippen molar-refractivity contribution in [2.75, 3.05) is 16.8 Å². The third-order valence-electron chi connectivity index (χ3n) is 2.25. The van der Waals surface area contributed by atoms with Crippen LogP contribution in [0.5, 0.6) is 0 Å². The molecule has 102 valence electrons. The van der Waals surface area contributed by atoms with Gasteiger partial charge < -0.3 is 11.1 Å². The third kappa shape index (κ3) is 4.22. The molecule has 0 bridgehead atoms. The quantitative estimate of drug-likeness (QED) is 0.820. The van der Waals surface area contributed by atoms with Crippen LogP contribution in [0.3, 0.4) is 0 Å². The number of thioether (sulfide) groups is 1. The van der Waals surface area contributed by atoms with Crippen molar-refractivity contribution < 1.29 is 4.79 Å². The zero-order chi connectivity index (χ0) is 14.4. The van der Waals surface area contributed by atoms with E-state index >= 15 is 0 Å². The van der Waals surface area contributed by atoms with Crippen molar-refractivity contribution in [1.29, 1.82) is 5.26 Å². The molecule has 8 heteroatoms. The van der Waals surface area contributed by atoms with E-state index in [0.29, 0.717) is 28.6 Å². The van der Waals surface area contributed by atoms with Crippen molar-refractivity contribution in [3.05, 3.63) is 29.8 Å². The van der Waals surface area contributed by atoms with Gasteiger partial charge in [-0.3, -0.25) is 4.79 Å². The molecule has 1 amide bonds. The number of nitrogens with zero attached hydrogens (tertiary/aromatic N) is 3. The van der Waals surface area contributed by atoms with Crippen molar-refractivity contribution in [3.63, 3.8) is 0 Å². The lowest BCUT2D eigenvalue weighted by Crippen LogP contribution is -2.12. The number of nitrogen functional groups attached to an aromatic ring is 1. The highest BCUT2D eigenvalue weighted by Gasteiger charge is 2.06. The standard InChI is InChI=1S/C12H11N5OS2/c13-7-8-2-1-3-9(6-8)15-10(18)4-5-19-12-17-16-11(14)20-12/h1-3,6H,4-5H2,(H2,14,16)(H,15,18). The fourth-order valence-corrected chi connectivity index (χ4v) is 3.04. The van der Waals surface area contributed by atoms with Gasteiger partial charge in [-0.2, -0.15) is 5.26 Å². The minimum atomic E-state index is -0.106. The van der Waals surface area contributed by atoms with Crippen LogP contribution in [0.4, 0.5) is 10.8 Å². The Bertz CT molecular complexity index is 649. The molecule has 0 aliphatic heterocycles. The summed E-state index contributed by atoms with van der Waals surface area (Å²) >= 11 is 2.74. The molecule has 0 saturated heterocycles. The Hall–Kier alpha value is -2.11. The molecule has 0 radical (unpaired) electrons. The summed E-state index contributed by atoms with van der Waals surface area (Å²) in [5.74, 6) is 0.489. The first kappa shape index (κ1) is 14.3. The second kappa shape index (κ2) is 6.88. The largest absolute Gasteiger partial charge is 0.374 e. The van der Waals surface area contributed by atoms with Gasteiger partial charge in [0.1, 0.15) is 0 Å². The number of nitrogens with one attached hydrogen (secondary N) is 1. The summed E-state index contributed by atoms with van der Waals surface area (Å²) in [5, 5.41) is 19.5. The van der Waals surface area contributed by atoms with Gasteiger partial charge in [-0.05, 0) is 18.2 Å². The average Bonchev–Trinajstić information content (AvgIpc) is 2.84. The van der Waals surface area contributed by atoms with Crippen LogP contribution in [0.15, 0.2) is 28.6 Å². The molecular formula is C12H11N5OS2. The van der Waals surface area contributed by atoms with Gasteiger partial charge in [0.05, 0.1) is 11.6 Å². The van der Waals surface area contributed by atoms with Gasteiger partial charge in [-0.1, -0.05) is 29.2 Å². The molecule has 1 aromatic carbocycles. The van der Waals surface area contributed by atoms with E-state index in [2.05, 4.69) is 15.5 Å². The number of amides is 1. The summed E-state index contributed by atoms with van der Waals surface area (Å²) in [6.45, 7) is 0. The van der Waals surface area contributed by atoms with Crippen LogP contribution in [-0.4, -0.2) is 21.9 Å². The number of anilines is 2. The summed E-state index contributed by atoms with van der Waals surface area (Å²) < 4.78 is 0.752. The maximum atomic E-state index is 11.7. The van der Waals surface area contributed by atoms with E-state index in [1.165, 1.54) is 23.1 Å². The molecule has 6 nitrogen and oxygen atoms in total. The molecule has 0 aliphatic carbocycles. The van der Waals surface area contributed by atoms with E-state index in [0.717, 1.165) is 4.34 Å². The molecule has 0 fully saturated rings. The SMILES string of the molecule is N#Cc1cccc(NC(=O)CCSc2nnc(N)s2)c1. The molecule has 3 N–H and O–H groups in total. The number of aromatic nitrogens is 2. The normalized spacial score (nSPS) is 9.95. The van der Waals surface area contributed by atoms with Gasteiger partial charge in [0.25, 0.3) is 0 Å². The Morgan fingerprint density at radius 1 is 1.50 bits per heavy atom. The van der Waals surface area contributed by atoms with Crippen LogP contribution in [0.2, 0.25) is 0 Å². The number of nitrogens with two attached hydrogens (primary N) is 1. The lowest BCUT2D eigenvalue weighted by atomic mass is 10.2. The van der Waals surface area contributed by atoms with Gasteiger partial charge in [-0.15, -0.1) is 10.2 Å². The number of carbonyl (C=O) groups is 1. The number of hydrogen-bond donors (Lipinski definition) is 2. The van der Waals surface area contributed by atoms with E-state index in [9.17, 15) is 4.79 Å². The topological polar surface area (TPSA) is 105 Å². The lowest BCUT2D eigenvalue weighted by molar-refractivity contribution is -0.115. The van der Waals surface area contributed by atoms with Crippen molar-refractivity contribution >= 4 is 39.8 Å². The fourth-order valence-electron chi connectivity index (χ4n) is 1.40. The predicted molar refractivity (Wildman–Crippen MR) is 79.4 cm³/mol. The first-order valence-electron chi connectivity index (χ1n) is 5.69. The monoisotopic (exact) mass is 305 g/mol. The molecule has 2 aromatic rings. The zero-order valence-electron chi connectivity index (χ0n) is 10.4. The minimum absolute atomic E-state index is 0.106. The molecule has 1 heterocycles. The molecule has 0 spiro atoms. The van der Waals surface area contributed by atoms with Crippen LogP contribution in [0, 0.1) is 11.3 Å². The van der Waals surface area contributed by atoms with Crippen LogP contribution < -0.4 is 11.1 Å². The molecule has 0 aliphatic rings. The molecular weight excluding hydrogens is 294 g/mol. The molecule has 0 unspecified atom stereocenters. The molecule has 2 rings (SSSR count). The highest BCUT2D eigenvalue weighted by molar-refractivity contribution is 8.01. The number of hydrogen-bond acceptors (Lipinski definition) is 7. The summed E-state index contributed by atoms with van der Waals surface area (Å²) in [6.07, 6.45) is 0.348. The van der Waals surface area contributed by atoms with Crippen molar-refractivity contribution in [1.82, 2.24) is 10.2 Å². The lowest BCUT2D eigenvalue weighted by Gasteiger charge is -2.04. The number of carbonyl (C=O) groups excluding carboxylic acids is 1. The van der Waals surface area contributed by atoms with Gasteiger partial charge >= 0.3 is 0 Å². The number of nitriles is 1. The predicted octanol–water partition coefficient (Wildman–Crippen LogP) is 2.11. The van der Waals surface area contributed by atoms with Gasteiger partial charge in [0.15, 0.2) is 4.34 Å². The minimum Gasteiger partial charge on any atom is -0.374 e. The summed E-state index contributed by atoms with van der Waals surface area (Å²) in [5.41, 5.74) is 6.61. The summed E-state index contributed by atoms with van der Waals surface area (Å²) in [4.78, 5) is 11.7. The Balaban J connectivity index is 1.79. The zero-order valence-corrected chi connectivity index (χ0v) is 12.0. The van der Waals surface area contributed by atoms with Crippen molar-refractivity contribution in [2.24, 2.45) is 0 Å². The highest BCUT2D eigenvalue weighted by atomic mass is 32.2. The smallest absolute Gasteiger partial charge is 0.225 e. The third-order valence-corrected chi connectivity index (χ3v) is 4.14. The van der Waals surface area contributed by atoms with E-state index < -0.39 is 0 Å². The van der Waals surface area contributed by atoms with Crippen LogP contribution >= 0.6 is 23.1 Å². The molecule has 1 aromatic heterocycles. The van der Waals surface area contributed by atoms with Gasteiger partial charge in [0, 0.05) is 17.9 Å². The average molecular weight is 305 g/mol. The highest BCUT2D eigenvalue weighted by Crippen LogP contribution is 2.24. The second-order valence-electron chi connectivity index (χ2n) is 3.75. The number of benzene rings is 1. The number of rotatable bonds is 5. The van der Waals surface area contributed by atoms with Gasteiger partial charge in [0.2, 0.25) is 11.0 Å². The Morgan fingerprint density at radius 3 is 3.05 bits per heavy atom. The summed E-state index contributed by atoms with van der Waals surface area (Å²) in [7, 11) is 0. The van der Waals surface area contributed by atoms with E-state index in [1.54, 1.807) is 24.3 Å². The first-order chi connectivity index (χ1) is 9.67. The van der Waals surface area contributed by atoms with Gasteiger partial charge in [-0.25, -0.2) is 0 Å². The van der Waals surface area contributed by atoms with E-state index in [-0.39, 0.29) is 5.91 Å². The fraction of sp³-hybridized carbons (Fsp3) is 0.167. The van der Waals surface area contributed by atoms with Crippen LogP contribution in [0.25, 0.3) is 0 Å². The van der Waals surface area contributed by atoms with Crippen molar-refractivity contribution in [3.8, 4) is 6.07 Å². The molecule has 0 atom stereocenters. The Morgan fingerprint density at radius 2 is 2.35 bits per heavy atom. The Kier molecular flexibility index (Phi) is 4.92.